The number of carbonyl (C=O) groups excluding carboxylic acids is 1. The summed E-state index contributed by atoms with van der Waals surface area (Å²) in [6.45, 7) is 4.10. The summed E-state index contributed by atoms with van der Waals surface area (Å²) in [6, 6.07) is 19.7. The molecule has 27 heavy (non-hydrogen) atoms. The summed E-state index contributed by atoms with van der Waals surface area (Å²) in [5.41, 5.74) is 3.18. The molecule has 0 spiro atoms. The Kier molecular flexibility index (Phi) is 6.27. The van der Waals surface area contributed by atoms with Crippen molar-refractivity contribution >= 4 is 17.7 Å². The summed E-state index contributed by atoms with van der Waals surface area (Å²) in [6.07, 6.45) is 5.42. The summed E-state index contributed by atoms with van der Waals surface area (Å²) in [4.78, 5) is 14.9. The molecule has 4 nitrogen and oxygen atoms in total. The van der Waals surface area contributed by atoms with Gasteiger partial charge in [-0.25, -0.2) is 0 Å². The van der Waals surface area contributed by atoms with E-state index in [4.69, 9.17) is 0 Å². The van der Waals surface area contributed by atoms with Gasteiger partial charge in [-0.3, -0.25) is 4.79 Å². The molecule has 0 radical (unpaired) electrons. The molecule has 0 unspecified atom stereocenters. The van der Waals surface area contributed by atoms with Gasteiger partial charge in [-0.1, -0.05) is 42.5 Å². The number of piperidine rings is 1. The van der Waals surface area contributed by atoms with Crippen LogP contribution in [0.5, 0.6) is 0 Å². The predicted octanol–water partition coefficient (Wildman–Crippen LogP) is 4.46. The Hall–Kier alpha value is -3.06. The molecule has 4 heteroatoms. The van der Waals surface area contributed by atoms with Crippen molar-refractivity contribution in [3.8, 4) is 6.07 Å². The first-order valence-electron chi connectivity index (χ1n) is 9.50. The van der Waals surface area contributed by atoms with Gasteiger partial charge in [0.2, 0.25) is 0 Å². The van der Waals surface area contributed by atoms with Crippen LogP contribution >= 0.6 is 0 Å². The van der Waals surface area contributed by atoms with Gasteiger partial charge in [0, 0.05) is 18.8 Å². The SMILES string of the molecule is C[C@H](NC(=O)C(C#N)=Cc1ccc(N2CCCCC2)cc1)c1ccccc1. The first kappa shape index (κ1) is 18.7. The quantitative estimate of drug-likeness (QED) is 0.633. The van der Waals surface area contributed by atoms with Crippen LogP contribution in [0.3, 0.4) is 0 Å². The topological polar surface area (TPSA) is 56.1 Å². The van der Waals surface area contributed by atoms with Crippen LogP contribution in [0.15, 0.2) is 60.2 Å². The molecule has 0 aromatic heterocycles. The van der Waals surface area contributed by atoms with Crippen molar-refractivity contribution in [3.05, 3.63) is 71.3 Å². The molecule has 2 aromatic carbocycles. The monoisotopic (exact) mass is 359 g/mol. The van der Waals surface area contributed by atoms with Crippen LogP contribution in [0.1, 0.15) is 43.4 Å². The smallest absolute Gasteiger partial charge is 0.262 e. The lowest BCUT2D eigenvalue weighted by molar-refractivity contribution is -0.117. The number of benzene rings is 2. The molecule has 0 aliphatic carbocycles. The predicted molar refractivity (Wildman–Crippen MR) is 109 cm³/mol. The molecule has 2 aromatic rings. The molecule has 0 bridgehead atoms. The standard InChI is InChI=1S/C23H25N3O/c1-18(20-8-4-2-5-9-20)25-23(27)21(17-24)16-19-10-12-22(13-11-19)26-14-6-3-7-15-26/h2,4-5,8-13,16,18H,3,6-7,14-15H2,1H3,(H,25,27)/t18-/m0/s1. The van der Waals surface area contributed by atoms with Crippen molar-refractivity contribution < 1.29 is 4.79 Å². The van der Waals surface area contributed by atoms with Gasteiger partial charge in [0.25, 0.3) is 5.91 Å². The van der Waals surface area contributed by atoms with Crippen molar-refractivity contribution in [1.29, 1.82) is 5.26 Å². The number of hydrogen-bond donors (Lipinski definition) is 1. The number of amides is 1. The fraction of sp³-hybridized carbons (Fsp3) is 0.304. The molecule has 1 saturated heterocycles. The van der Waals surface area contributed by atoms with Crippen LogP contribution in [0.25, 0.3) is 6.08 Å². The third-order valence-electron chi connectivity index (χ3n) is 4.94. The first-order valence-corrected chi connectivity index (χ1v) is 9.50. The summed E-state index contributed by atoms with van der Waals surface area (Å²) < 4.78 is 0. The minimum absolute atomic E-state index is 0.114. The minimum Gasteiger partial charge on any atom is -0.372 e. The molecule has 1 N–H and O–H groups in total. The van der Waals surface area contributed by atoms with E-state index in [9.17, 15) is 10.1 Å². The Bertz CT molecular complexity index is 828. The highest BCUT2D eigenvalue weighted by molar-refractivity contribution is 6.01. The summed E-state index contributed by atoms with van der Waals surface area (Å²) in [5.74, 6) is -0.353. The minimum atomic E-state index is -0.353. The van der Waals surface area contributed by atoms with E-state index in [0.717, 1.165) is 24.2 Å². The summed E-state index contributed by atoms with van der Waals surface area (Å²) >= 11 is 0. The molecule has 1 heterocycles. The lowest BCUT2D eigenvalue weighted by Gasteiger charge is -2.28. The molecule has 3 rings (SSSR count). The number of rotatable bonds is 5. The molecule has 1 aliphatic heterocycles. The van der Waals surface area contributed by atoms with Gasteiger partial charge in [-0.2, -0.15) is 5.26 Å². The molecule has 1 fully saturated rings. The van der Waals surface area contributed by atoms with Crippen LogP contribution in [-0.4, -0.2) is 19.0 Å². The largest absolute Gasteiger partial charge is 0.372 e. The van der Waals surface area contributed by atoms with E-state index in [1.165, 1.54) is 24.9 Å². The van der Waals surface area contributed by atoms with E-state index in [0.29, 0.717) is 0 Å². The highest BCUT2D eigenvalue weighted by Gasteiger charge is 2.14. The third-order valence-corrected chi connectivity index (χ3v) is 4.94. The van der Waals surface area contributed by atoms with Crippen LogP contribution in [0.2, 0.25) is 0 Å². The zero-order valence-corrected chi connectivity index (χ0v) is 15.7. The second-order valence-electron chi connectivity index (χ2n) is 6.91. The fourth-order valence-electron chi connectivity index (χ4n) is 3.35. The highest BCUT2D eigenvalue weighted by atomic mass is 16.1. The van der Waals surface area contributed by atoms with Gasteiger partial charge in [-0.15, -0.1) is 0 Å². The van der Waals surface area contributed by atoms with Gasteiger partial charge in [0.15, 0.2) is 0 Å². The van der Waals surface area contributed by atoms with Crippen LogP contribution in [0.4, 0.5) is 5.69 Å². The molecule has 1 aliphatic rings. The van der Waals surface area contributed by atoms with Gasteiger partial charge in [0.1, 0.15) is 11.6 Å². The van der Waals surface area contributed by atoms with Crippen molar-refractivity contribution in [1.82, 2.24) is 5.32 Å². The Morgan fingerprint density at radius 1 is 1.07 bits per heavy atom. The fourth-order valence-corrected chi connectivity index (χ4v) is 3.35. The van der Waals surface area contributed by atoms with E-state index < -0.39 is 0 Å². The van der Waals surface area contributed by atoms with Crippen LogP contribution in [0, 0.1) is 11.3 Å². The summed E-state index contributed by atoms with van der Waals surface area (Å²) in [5, 5.41) is 12.3. The Balaban J connectivity index is 1.68. The van der Waals surface area contributed by atoms with Gasteiger partial charge >= 0.3 is 0 Å². The maximum Gasteiger partial charge on any atom is 0.262 e. The molecular weight excluding hydrogens is 334 g/mol. The number of nitrogens with zero attached hydrogens (tertiary/aromatic N) is 2. The Morgan fingerprint density at radius 2 is 1.74 bits per heavy atom. The van der Waals surface area contributed by atoms with Gasteiger partial charge in [-0.05, 0) is 55.5 Å². The van der Waals surface area contributed by atoms with E-state index in [1.807, 2.05) is 55.5 Å². The lowest BCUT2D eigenvalue weighted by Crippen LogP contribution is -2.29. The number of nitrogens with one attached hydrogen (secondary N) is 1. The number of carbonyl (C=O) groups is 1. The zero-order valence-electron chi connectivity index (χ0n) is 15.7. The lowest BCUT2D eigenvalue weighted by atomic mass is 10.1. The van der Waals surface area contributed by atoms with E-state index in [-0.39, 0.29) is 17.5 Å². The Labute approximate surface area is 161 Å². The molecule has 1 atom stereocenters. The Morgan fingerprint density at radius 3 is 2.37 bits per heavy atom. The van der Waals surface area contributed by atoms with E-state index in [1.54, 1.807) is 6.08 Å². The van der Waals surface area contributed by atoms with Gasteiger partial charge in [0.05, 0.1) is 6.04 Å². The maximum absolute atomic E-state index is 12.5. The first-order chi connectivity index (χ1) is 13.2. The van der Waals surface area contributed by atoms with Gasteiger partial charge < -0.3 is 10.2 Å². The second kappa shape index (κ2) is 9.05. The van der Waals surface area contributed by atoms with Crippen molar-refractivity contribution in [2.24, 2.45) is 0 Å². The van der Waals surface area contributed by atoms with Crippen molar-refractivity contribution in [2.75, 3.05) is 18.0 Å². The maximum atomic E-state index is 12.5. The molecular formula is C23H25N3O. The van der Waals surface area contributed by atoms with Crippen molar-refractivity contribution in [2.45, 2.75) is 32.2 Å². The average molecular weight is 359 g/mol. The van der Waals surface area contributed by atoms with E-state index in [2.05, 4.69) is 22.3 Å². The number of hydrogen-bond acceptors (Lipinski definition) is 3. The summed E-state index contributed by atoms with van der Waals surface area (Å²) in [7, 11) is 0. The number of anilines is 1. The normalized spacial score (nSPS) is 15.7. The second-order valence-corrected chi connectivity index (χ2v) is 6.91. The van der Waals surface area contributed by atoms with Crippen LogP contribution < -0.4 is 10.2 Å². The zero-order chi connectivity index (χ0) is 19.1. The molecule has 0 saturated carbocycles. The number of nitriles is 1. The highest BCUT2D eigenvalue weighted by Crippen LogP contribution is 2.21. The third kappa shape index (κ3) is 4.98. The molecule has 1 amide bonds. The van der Waals surface area contributed by atoms with E-state index >= 15 is 0 Å². The molecule has 138 valence electrons. The van der Waals surface area contributed by atoms with Crippen LogP contribution in [-0.2, 0) is 4.79 Å². The average Bonchev–Trinajstić information content (AvgIpc) is 2.73. The van der Waals surface area contributed by atoms with Crippen molar-refractivity contribution in [3.63, 3.8) is 0 Å².